The van der Waals surface area contributed by atoms with Crippen LogP contribution in [0.3, 0.4) is 0 Å². The Kier molecular flexibility index (Phi) is 3.55. The molecular weight excluding hydrogens is 368 g/mol. The molecule has 2 saturated heterocycles. The van der Waals surface area contributed by atoms with Crippen LogP contribution in [0.4, 0.5) is 0 Å². The number of hydrogen-bond acceptors (Lipinski definition) is 5. The number of morpholine rings is 1. The van der Waals surface area contributed by atoms with Gasteiger partial charge in [0.2, 0.25) is 0 Å². The van der Waals surface area contributed by atoms with E-state index in [1.54, 1.807) is 6.20 Å². The minimum absolute atomic E-state index is 0.0115. The van der Waals surface area contributed by atoms with Crippen LogP contribution in [0.5, 0.6) is 0 Å². The Balaban J connectivity index is 1.38. The van der Waals surface area contributed by atoms with Crippen molar-refractivity contribution in [3.63, 3.8) is 0 Å². The standard InChI is InChI=1S/C22H20N4O3/c1-13-24-18-8-14(2-6-20(18)28-13)15-3-7-21-23-9-19(26(21)10-15)22(27)25-11-16-4-5-17(12-25)29-16/h2-3,6-10,16-17H,4-5,11-12H2,1H3. The second-order valence-corrected chi connectivity index (χ2v) is 7.87. The van der Waals surface area contributed by atoms with Crippen LogP contribution >= 0.6 is 0 Å². The number of aryl methyl sites for hydroxylation is 1. The van der Waals surface area contributed by atoms with Gasteiger partial charge in [0.1, 0.15) is 16.9 Å². The number of imidazole rings is 1. The molecule has 6 rings (SSSR count). The molecule has 2 aliphatic heterocycles. The monoisotopic (exact) mass is 388 g/mol. The van der Waals surface area contributed by atoms with Crippen LogP contribution in [0.1, 0.15) is 29.2 Å². The Bertz CT molecular complexity index is 1250. The number of oxazole rings is 1. The lowest BCUT2D eigenvalue weighted by molar-refractivity contribution is -0.0305. The van der Waals surface area contributed by atoms with Gasteiger partial charge in [-0.1, -0.05) is 6.07 Å². The van der Waals surface area contributed by atoms with E-state index in [1.165, 1.54) is 0 Å². The molecule has 1 aromatic carbocycles. The molecule has 7 nitrogen and oxygen atoms in total. The first-order valence-electron chi connectivity index (χ1n) is 9.93. The minimum atomic E-state index is 0.0115. The average molecular weight is 388 g/mol. The van der Waals surface area contributed by atoms with E-state index in [0.717, 1.165) is 40.7 Å². The zero-order chi connectivity index (χ0) is 19.5. The smallest absolute Gasteiger partial charge is 0.272 e. The van der Waals surface area contributed by atoms with Gasteiger partial charge in [-0.05, 0) is 48.2 Å². The van der Waals surface area contributed by atoms with Crippen molar-refractivity contribution in [1.29, 1.82) is 0 Å². The number of carbonyl (C=O) groups is 1. The normalized spacial score (nSPS) is 21.3. The van der Waals surface area contributed by atoms with Crippen molar-refractivity contribution in [2.75, 3.05) is 13.1 Å². The van der Waals surface area contributed by atoms with Crippen molar-refractivity contribution in [2.24, 2.45) is 0 Å². The molecule has 3 aromatic heterocycles. The predicted octanol–water partition coefficient (Wildman–Crippen LogP) is 3.45. The van der Waals surface area contributed by atoms with Gasteiger partial charge in [0, 0.05) is 26.2 Å². The van der Waals surface area contributed by atoms with E-state index in [9.17, 15) is 4.79 Å². The van der Waals surface area contributed by atoms with E-state index in [-0.39, 0.29) is 18.1 Å². The summed E-state index contributed by atoms with van der Waals surface area (Å²) in [5.41, 5.74) is 4.95. The van der Waals surface area contributed by atoms with Gasteiger partial charge in [-0.25, -0.2) is 9.97 Å². The van der Waals surface area contributed by atoms with Gasteiger partial charge in [0.05, 0.1) is 18.4 Å². The number of benzene rings is 1. The summed E-state index contributed by atoms with van der Waals surface area (Å²) in [4.78, 5) is 24.0. The number of likely N-dealkylation sites (tertiary alicyclic amines) is 1. The first kappa shape index (κ1) is 16.7. The van der Waals surface area contributed by atoms with Crippen molar-refractivity contribution < 1.29 is 13.9 Å². The highest BCUT2D eigenvalue weighted by Crippen LogP contribution is 2.28. The number of hydrogen-bond donors (Lipinski definition) is 0. The van der Waals surface area contributed by atoms with Crippen LogP contribution in [0, 0.1) is 6.92 Å². The Hall–Kier alpha value is -3.19. The van der Waals surface area contributed by atoms with E-state index in [0.29, 0.717) is 24.7 Å². The van der Waals surface area contributed by atoms with E-state index >= 15 is 0 Å². The van der Waals surface area contributed by atoms with Crippen LogP contribution in [0.25, 0.3) is 27.9 Å². The summed E-state index contributed by atoms with van der Waals surface area (Å²) < 4.78 is 13.3. The summed E-state index contributed by atoms with van der Waals surface area (Å²) in [5, 5.41) is 0. The second-order valence-electron chi connectivity index (χ2n) is 7.87. The Morgan fingerprint density at radius 1 is 1.10 bits per heavy atom. The number of ether oxygens (including phenoxy) is 1. The Labute approximate surface area is 166 Å². The van der Waals surface area contributed by atoms with Gasteiger partial charge in [-0.3, -0.25) is 9.20 Å². The van der Waals surface area contributed by atoms with Crippen LogP contribution in [0.15, 0.2) is 47.1 Å². The zero-order valence-corrected chi connectivity index (χ0v) is 16.0. The molecule has 7 heteroatoms. The van der Waals surface area contributed by atoms with Crippen molar-refractivity contribution in [3.8, 4) is 11.1 Å². The van der Waals surface area contributed by atoms with E-state index in [1.807, 2.05) is 52.8 Å². The molecule has 29 heavy (non-hydrogen) atoms. The van der Waals surface area contributed by atoms with Gasteiger partial charge in [-0.15, -0.1) is 0 Å². The number of rotatable bonds is 2. The third kappa shape index (κ3) is 2.73. The van der Waals surface area contributed by atoms with Crippen molar-refractivity contribution in [3.05, 3.63) is 54.3 Å². The fraction of sp³-hybridized carbons (Fsp3) is 0.318. The van der Waals surface area contributed by atoms with Crippen LogP contribution in [0.2, 0.25) is 0 Å². The maximum Gasteiger partial charge on any atom is 0.272 e. The summed E-state index contributed by atoms with van der Waals surface area (Å²) in [6, 6.07) is 9.89. The SMILES string of the molecule is Cc1nc2cc(-c3ccc4ncc(C(=O)N5CC6CCC(C5)O6)n4c3)ccc2o1. The first-order valence-corrected chi connectivity index (χ1v) is 9.93. The van der Waals surface area contributed by atoms with Crippen LogP contribution in [-0.4, -0.2) is 50.5 Å². The molecule has 1 amide bonds. The molecule has 2 unspecified atom stereocenters. The molecule has 0 aliphatic carbocycles. The van der Waals surface area contributed by atoms with Gasteiger partial charge >= 0.3 is 0 Å². The first-order chi connectivity index (χ1) is 14.1. The molecule has 0 spiro atoms. The molecular formula is C22H20N4O3. The molecule has 2 aliphatic rings. The quantitative estimate of drug-likeness (QED) is 0.526. The van der Waals surface area contributed by atoms with E-state index in [4.69, 9.17) is 9.15 Å². The number of aromatic nitrogens is 3. The lowest BCUT2D eigenvalue weighted by Gasteiger charge is -2.31. The number of pyridine rings is 1. The van der Waals surface area contributed by atoms with Crippen LogP contribution < -0.4 is 0 Å². The minimum Gasteiger partial charge on any atom is -0.441 e. The molecule has 2 fully saturated rings. The highest BCUT2D eigenvalue weighted by atomic mass is 16.5. The summed E-state index contributed by atoms with van der Waals surface area (Å²) in [5.74, 6) is 0.659. The molecule has 0 N–H and O–H groups in total. The number of fused-ring (bicyclic) bond motifs is 4. The summed E-state index contributed by atoms with van der Waals surface area (Å²) in [6.45, 7) is 3.15. The van der Waals surface area contributed by atoms with Crippen molar-refractivity contribution in [1.82, 2.24) is 19.3 Å². The van der Waals surface area contributed by atoms with Gasteiger partial charge < -0.3 is 14.1 Å². The molecule has 0 radical (unpaired) electrons. The number of amides is 1. The lowest BCUT2D eigenvalue weighted by atomic mass is 10.1. The Morgan fingerprint density at radius 2 is 1.90 bits per heavy atom. The number of carbonyl (C=O) groups excluding carboxylic acids is 1. The second kappa shape index (κ2) is 6.15. The highest BCUT2D eigenvalue weighted by molar-refractivity contribution is 5.93. The lowest BCUT2D eigenvalue weighted by Crippen LogP contribution is -2.46. The average Bonchev–Trinajstić information content (AvgIpc) is 3.41. The third-order valence-corrected chi connectivity index (χ3v) is 5.88. The van der Waals surface area contributed by atoms with Crippen LogP contribution in [-0.2, 0) is 4.74 Å². The summed E-state index contributed by atoms with van der Waals surface area (Å²) in [6.07, 6.45) is 6.06. The largest absolute Gasteiger partial charge is 0.441 e. The molecule has 0 saturated carbocycles. The predicted molar refractivity (Wildman–Crippen MR) is 107 cm³/mol. The van der Waals surface area contributed by atoms with E-state index in [2.05, 4.69) is 9.97 Å². The Morgan fingerprint density at radius 3 is 2.72 bits per heavy atom. The molecule has 2 atom stereocenters. The summed E-state index contributed by atoms with van der Waals surface area (Å²) >= 11 is 0. The van der Waals surface area contributed by atoms with E-state index < -0.39 is 0 Å². The fourth-order valence-electron chi connectivity index (χ4n) is 4.47. The highest BCUT2D eigenvalue weighted by Gasteiger charge is 2.36. The maximum atomic E-state index is 13.2. The van der Waals surface area contributed by atoms with Crippen molar-refractivity contribution in [2.45, 2.75) is 32.0 Å². The maximum absolute atomic E-state index is 13.2. The molecule has 5 heterocycles. The topological polar surface area (TPSA) is 72.9 Å². The molecule has 4 aromatic rings. The van der Waals surface area contributed by atoms with Crippen molar-refractivity contribution >= 4 is 22.7 Å². The zero-order valence-electron chi connectivity index (χ0n) is 16.0. The van der Waals surface area contributed by atoms with Gasteiger partial charge in [0.15, 0.2) is 11.5 Å². The fourth-order valence-corrected chi connectivity index (χ4v) is 4.47. The number of nitrogens with zero attached hydrogens (tertiary/aromatic N) is 4. The van der Waals surface area contributed by atoms with Gasteiger partial charge in [-0.2, -0.15) is 0 Å². The molecule has 146 valence electrons. The summed E-state index contributed by atoms with van der Waals surface area (Å²) in [7, 11) is 0. The third-order valence-electron chi connectivity index (χ3n) is 5.88. The molecule has 2 bridgehead atoms. The van der Waals surface area contributed by atoms with Gasteiger partial charge in [0.25, 0.3) is 5.91 Å².